The SMILES string of the molecule is NC(=O)C(NC(=O)c1ccccc1)C(=O)Oc1cc2ccccc2o1. The van der Waals surface area contributed by atoms with Gasteiger partial charge in [-0.15, -0.1) is 0 Å². The van der Waals surface area contributed by atoms with Gasteiger partial charge >= 0.3 is 5.97 Å². The van der Waals surface area contributed by atoms with Gasteiger partial charge in [0.25, 0.3) is 17.8 Å². The molecule has 126 valence electrons. The summed E-state index contributed by atoms with van der Waals surface area (Å²) in [5.74, 6) is -2.78. The number of fused-ring (bicyclic) bond motifs is 1. The summed E-state index contributed by atoms with van der Waals surface area (Å²) >= 11 is 0. The monoisotopic (exact) mass is 338 g/mol. The van der Waals surface area contributed by atoms with Crippen molar-refractivity contribution in [3.8, 4) is 5.95 Å². The molecular formula is C18H14N2O5. The highest BCUT2D eigenvalue weighted by molar-refractivity contribution is 6.07. The van der Waals surface area contributed by atoms with E-state index in [0.717, 1.165) is 5.39 Å². The molecule has 1 aromatic heterocycles. The smallest absolute Gasteiger partial charge is 0.346 e. The van der Waals surface area contributed by atoms with Gasteiger partial charge in [0, 0.05) is 17.0 Å². The van der Waals surface area contributed by atoms with E-state index in [-0.39, 0.29) is 11.5 Å². The number of hydrogen-bond acceptors (Lipinski definition) is 5. The summed E-state index contributed by atoms with van der Waals surface area (Å²) in [5, 5.41) is 2.99. The number of amides is 2. The lowest BCUT2D eigenvalue weighted by Crippen LogP contribution is -2.51. The number of esters is 1. The Bertz CT molecular complexity index is 900. The third-order valence-electron chi connectivity index (χ3n) is 3.44. The maximum Gasteiger partial charge on any atom is 0.346 e. The Kier molecular flexibility index (Phi) is 4.47. The summed E-state index contributed by atoms with van der Waals surface area (Å²) in [6.45, 7) is 0. The maximum atomic E-state index is 12.2. The summed E-state index contributed by atoms with van der Waals surface area (Å²) in [7, 11) is 0. The fourth-order valence-corrected chi connectivity index (χ4v) is 2.22. The van der Waals surface area contributed by atoms with Gasteiger partial charge < -0.3 is 20.2 Å². The molecule has 1 heterocycles. The minimum atomic E-state index is -1.64. The van der Waals surface area contributed by atoms with Crippen molar-refractivity contribution >= 4 is 28.8 Å². The van der Waals surface area contributed by atoms with Crippen LogP contribution in [0.5, 0.6) is 5.95 Å². The molecule has 1 atom stereocenters. The first kappa shape index (κ1) is 16.3. The molecule has 2 amide bonds. The van der Waals surface area contributed by atoms with Gasteiger partial charge in [0.15, 0.2) is 0 Å². The topological polar surface area (TPSA) is 112 Å². The standard InChI is InChI=1S/C18H14N2O5/c19-16(21)15(20-17(22)11-6-2-1-3-7-11)18(23)25-14-10-12-8-4-5-9-13(12)24-14/h1-10,15H,(H2,19,21)(H,20,22). The van der Waals surface area contributed by atoms with Crippen LogP contribution in [0, 0.1) is 0 Å². The molecule has 0 saturated carbocycles. The molecule has 3 N–H and O–H groups in total. The van der Waals surface area contributed by atoms with Crippen LogP contribution in [0.1, 0.15) is 10.4 Å². The van der Waals surface area contributed by atoms with Crippen molar-refractivity contribution in [2.75, 3.05) is 0 Å². The fourth-order valence-electron chi connectivity index (χ4n) is 2.22. The first-order chi connectivity index (χ1) is 12.0. The third kappa shape index (κ3) is 3.66. The largest absolute Gasteiger partial charge is 0.425 e. The van der Waals surface area contributed by atoms with Crippen molar-refractivity contribution in [2.45, 2.75) is 6.04 Å². The van der Waals surface area contributed by atoms with Crippen LogP contribution >= 0.6 is 0 Å². The van der Waals surface area contributed by atoms with Crippen molar-refractivity contribution in [2.24, 2.45) is 5.73 Å². The van der Waals surface area contributed by atoms with Gasteiger partial charge in [0.2, 0.25) is 6.04 Å². The van der Waals surface area contributed by atoms with Crippen molar-refractivity contribution in [3.05, 3.63) is 66.2 Å². The van der Waals surface area contributed by atoms with Gasteiger partial charge in [-0.2, -0.15) is 0 Å². The summed E-state index contributed by atoms with van der Waals surface area (Å²) in [6, 6.07) is 15.0. The molecule has 7 heteroatoms. The quantitative estimate of drug-likeness (QED) is 0.542. The third-order valence-corrected chi connectivity index (χ3v) is 3.44. The molecule has 7 nitrogen and oxygen atoms in total. The molecule has 25 heavy (non-hydrogen) atoms. The Hall–Kier alpha value is -3.61. The predicted octanol–water partition coefficient (Wildman–Crippen LogP) is 1.62. The number of primary amides is 1. The summed E-state index contributed by atoms with van der Waals surface area (Å²) in [6.07, 6.45) is 0. The molecular weight excluding hydrogens is 324 g/mol. The first-order valence-electron chi connectivity index (χ1n) is 7.40. The molecule has 3 rings (SSSR count). The van der Waals surface area contributed by atoms with E-state index in [9.17, 15) is 14.4 Å². The molecule has 1 unspecified atom stereocenters. The Morgan fingerprint density at radius 2 is 1.68 bits per heavy atom. The van der Waals surface area contributed by atoms with E-state index in [1.165, 1.54) is 18.2 Å². The highest BCUT2D eigenvalue weighted by atomic mass is 16.6. The number of rotatable bonds is 5. The highest BCUT2D eigenvalue weighted by Crippen LogP contribution is 2.24. The number of nitrogens with two attached hydrogens (primary N) is 1. The second kappa shape index (κ2) is 6.88. The Morgan fingerprint density at radius 1 is 1.00 bits per heavy atom. The van der Waals surface area contributed by atoms with Crippen LogP contribution in [-0.2, 0) is 9.59 Å². The predicted molar refractivity (Wildman–Crippen MR) is 88.7 cm³/mol. The van der Waals surface area contributed by atoms with E-state index in [1.807, 2.05) is 0 Å². The minimum absolute atomic E-state index is 0.0913. The second-order valence-corrected chi connectivity index (χ2v) is 5.20. The van der Waals surface area contributed by atoms with Crippen LogP contribution in [0.15, 0.2) is 65.1 Å². The number of carbonyl (C=O) groups excluding carboxylic acids is 3. The lowest BCUT2D eigenvalue weighted by atomic mass is 10.2. The molecule has 0 radical (unpaired) electrons. The van der Waals surface area contributed by atoms with Crippen LogP contribution in [0.25, 0.3) is 11.0 Å². The lowest BCUT2D eigenvalue weighted by molar-refractivity contribution is -0.141. The van der Waals surface area contributed by atoms with Crippen LogP contribution in [0.3, 0.4) is 0 Å². The molecule has 0 fully saturated rings. The number of benzene rings is 2. The van der Waals surface area contributed by atoms with E-state index in [1.54, 1.807) is 42.5 Å². The van der Waals surface area contributed by atoms with Crippen molar-refractivity contribution < 1.29 is 23.5 Å². The van der Waals surface area contributed by atoms with E-state index >= 15 is 0 Å². The Labute approximate surface area is 142 Å². The molecule has 3 aromatic rings. The lowest BCUT2D eigenvalue weighted by Gasteiger charge is -2.13. The van der Waals surface area contributed by atoms with E-state index in [0.29, 0.717) is 5.58 Å². The van der Waals surface area contributed by atoms with E-state index in [2.05, 4.69) is 5.32 Å². The number of ether oxygens (including phenoxy) is 1. The minimum Gasteiger partial charge on any atom is -0.425 e. The number of hydrogen-bond donors (Lipinski definition) is 2. The summed E-state index contributed by atoms with van der Waals surface area (Å²) in [4.78, 5) is 35.9. The average Bonchev–Trinajstić information content (AvgIpc) is 3.02. The van der Waals surface area contributed by atoms with Gasteiger partial charge in [0.1, 0.15) is 5.58 Å². The molecule has 0 spiro atoms. The number of carbonyl (C=O) groups is 3. The zero-order chi connectivity index (χ0) is 17.8. The van der Waals surface area contributed by atoms with Gasteiger partial charge in [-0.1, -0.05) is 36.4 Å². The molecule has 0 bridgehead atoms. The zero-order valence-electron chi connectivity index (χ0n) is 13.0. The number of para-hydroxylation sites is 1. The summed E-state index contributed by atoms with van der Waals surface area (Å²) < 4.78 is 10.4. The van der Waals surface area contributed by atoms with Crippen LogP contribution in [-0.4, -0.2) is 23.8 Å². The van der Waals surface area contributed by atoms with Gasteiger partial charge in [0.05, 0.1) is 0 Å². The molecule has 0 saturated heterocycles. The molecule has 2 aromatic carbocycles. The maximum absolute atomic E-state index is 12.2. The fraction of sp³-hybridized carbons (Fsp3) is 0.0556. The van der Waals surface area contributed by atoms with Gasteiger partial charge in [-0.3, -0.25) is 9.59 Å². The normalized spacial score (nSPS) is 11.7. The Balaban J connectivity index is 1.74. The summed E-state index contributed by atoms with van der Waals surface area (Å²) in [5.41, 5.74) is 6.01. The van der Waals surface area contributed by atoms with Crippen LogP contribution in [0.2, 0.25) is 0 Å². The van der Waals surface area contributed by atoms with Crippen molar-refractivity contribution in [1.29, 1.82) is 0 Å². The molecule has 0 aliphatic carbocycles. The van der Waals surface area contributed by atoms with Crippen LogP contribution in [0.4, 0.5) is 0 Å². The van der Waals surface area contributed by atoms with E-state index in [4.69, 9.17) is 14.9 Å². The Morgan fingerprint density at radius 3 is 2.36 bits per heavy atom. The second-order valence-electron chi connectivity index (χ2n) is 5.20. The van der Waals surface area contributed by atoms with Gasteiger partial charge in [-0.05, 0) is 18.2 Å². The molecule has 0 aliphatic heterocycles. The zero-order valence-corrected chi connectivity index (χ0v) is 13.0. The van der Waals surface area contributed by atoms with Crippen LogP contribution < -0.4 is 15.8 Å². The van der Waals surface area contributed by atoms with E-state index < -0.39 is 23.8 Å². The number of furan rings is 1. The van der Waals surface area contributed by atoms with Crippen molar-refractivity contribution in [1.82, 2.24) is 5.32 Å². The van der Waals surface area contributed by atoms with Gasteiger partial charge in [-0.25, -0.2) is 4.79 Å². The average molecular weight is 338 g/mol. The number of nitrogens with one attached hydrogen (secondary N) is 1. The molecule has 0 aliphatic rings. The highest BCUT2D eigenvalue weighted by Gasteiger charge is 2.29. The first-order valence-corrected chi connectivity index (χ1v) is 7.40. The van der Waals surface area contributed by atoms with Crippen molar-refractivity contribution in [3.63, 3.8) is 0 Å².